The van der Waals surface area contributed by atoms with Crippen molar-refractivity contribution < 1.29 is 4.74 Å². The molecule has 0 spiro atoms. The average Bonchev–Trinajstić information content (AvgIpc) is 2.27. The third-order valence-corrected chi connectivity index (χ3v) is 5.55. The van der Waals surface area contributed by atoms with Crippen molar-refractivity contribution in [2.45, 2.75) is 70.4 Å². The van der Waals surface area contributed by atoms with Crippen LogP contribution in [0.1, 0.15) is 58.8 Å². The highest BCUT2D eigenvalue weighted by atomic mass is 16.5. The zero-order valence-corrected chi connectivity index (χ0v) is 11.7. The van der Waals surface area contributed by atoms with E-state index < -0.39 is 0 Å². The molecule has 2 rings (SSSR count). The first-order valence-electron chi connectivity index (χ1n) is 7.37. The number of hydrogen-bond donors (Lipinski definition) is 1. The van der Waals surface area contributed by atoms with Crippen molar-refractivity contribution in [1.29, 1.82) is 0 Å². The standard InChI is InChI=1S/C15H29NO/c1-11-5-6-13(9-12(11)2)14(16)10-15(17-3)7-4-8-15/h11-14H,4-10,16H2,1-3H3. The van der Waals surface area contributed by atoms with Crippen LogP contribution in [-0.4, -0.2) is 18.8 Å². The lowest BCUT2D eigenvalue weighted by Gasteiger charge is -2.45. The molecule has 100 valence electrons. The van der Waals surface area contributed by atoms with Gasteiger partial charge in [-0.15, -0.1) is 0 Å². The van der Waals surface area contributed by atoms with E-state index in [-0.39, 0.29) is 5.60 Å². The smallest absolute Gasteiger partial charge is 0.0693 e. The number of ether oxygens (including phenoxy) is 1. The van der Waals surface area contributed by atoms with Gasteiger partial charge in [-0.2, -0.15) is 0 Å². The van der Waals surface area contributed by atoms with Gasteiger partial charge < -0.3 is 10.5 Å². The topological polar surface area (TPSA) is 35.2 Å². The van der Waals surface area contributed by atoms with Crippen molar-refractivity contribution in [3.05, 3.63) is 0 Å². The van der Waals surface area contributed by atoms with Gasteiger partial charge >= 0.3 is 0 Å². The van der Waals surface area contributed by atoms with E-state index in [1.54, 1.807) is 0 Å². The SMILES string of the molecule is COC1(CC(N)C2CCC(C)C(C)C2)CCC1. The molecule has 17 heavy (non-hydrogen) atoms. The monoisotopic (exact) mass is 239 g/mol. The highest BCUT2D eigenvalue weighted by molar-refractivity contribution is 4.95. The molecular formula is C15H29NO. The zero-order chi connectivity index (χ0) is 12.5. The molecule has 0 aliphatic heterocycles. The lowest BCUT2D eigenvalue weighted by Crippen LogP contribution is -2.47. The highest BCUT2D eigenvalue weighted by Crippen LogP contribution is 2.42. The Morgan fingerprint density at radius 1 is 1.24 bits per heavy atom. The molecule has 2 nitrogen and oxygen atoms in total. The van der Waals surface area contributed by atoms with Crippen LogP contribution >= 0.6 is 0 Å². The summed E-state index contributed by atoms with van der Waals surface area (Å²) in [5.74, 6) is 2.46. The molecule has 2 aliphatic rings. The number of nitrogens with two attached hydrogens (primary N) is 1. The van der Waals surface area contributed by atoms with Crippen molar-refractivity contribution >= 4 is 0 Å². The first kappa shape index (κ1) is 13.4. The van der Waals surface area contributed by atoms with Gasteiger partial charge in [-0.3, -0.25) is 0 Å². The van der Waals surface area contributed by atoms with E-state index in [0.717, 1.165) is 24.2 Å². The van der Waals surface area contributed by atoms with Crippen molar-refractivity contribution in [3.8, 4) is 0 Å². The third kappa shape index (κ3) is 2.85. The van der Waals surface area contributed by atoms with Gasteiger partial charge in [0.2, 0.25) is 0 Å². The van der Waals surface area contributed by atoms with Crippen LogP contribution < -0.4 is 5.73 Å². The zero-order valence-electron chi connectivity index (χ0n) is 11.7. The van der Waals surface area contributed by atoms with Crippen LogP contribution in [0.5, 0.6) is 0 Å². The van der Waals surface area contributed by atoms with E-state index >= 15 is 0 Å². The second-order valence-corrected chi connectivity index (χ2v) is 6.64. The molecule has 2 fully saturated rings. The van der Waals surface area contributed by atoms with E-state index in [1.807, 2.05) is 7.11 Å². The summed E-state index contributed by atoms with van der Waals surface area (Å²) in [5.41, 5.74) is 6.59. The van der Waals surface area contributed by atoms with Gasteiger partial charge in [0.25, 0.3) is 0 Å². The molecule has 2 aliphatic carbocycles. The summed E-state index contributed by atoms with van der Waals surface area (Å²) in [6.45, 7) is 4.77. The maximum absolute atomic E-state index is 6.45. The van der Waals surface area contributed by atoms with Gasteiger partial charge in [0.05, 0.1) is 5.60 Å². The third-order valence-electron chi connectivity index (χ3n) is 5.55. The summed E-state index contributed by atoms with van der Waals surface area (Å²) in [6.07, 6.45) is 8.84. The predicted octanol–water partition coefficient (Wildman–Crippen LogP) is 3.35. The summed E-state index contributed by atoms with van der Waals surface area (Å²) in [7, 11) is 1.86. The summed E-state index contributed by atoms with van der Waals surface area (Å²) in [4.78, 5) is 0. The van der Waals surface area contributed by atoms with Gasteiger partial charge in [-0.05, 0) is 56.3 Å². The highest BCUT2D eigenvalue weighted by Gasteiger charge is 2.40. The second kappa shape index (κ2) is 5.27. The average molecular weight is 239 g/mol. The Hall–Kier alpha value is -0.0800. The summed E-state index contributed by atoms with van der Waals surface area (Å²) < 4.78 is 5.70. The van der Waals surface area contributed by atoms with Crippen LogP contribution in [0.4, 0.5) is 0 Å². The normalized spacial score (nSPS) is 38.5. The molecule has 2 heteroatoms. The van der Waals surface area contributed by atoms with Gasteiger partial charge in [-0.1, -0.05) is 20.3 Å². The molecule has 4 atom stereocenters. The quantitative estimate of drug-likeness (QED) is 0.816. The van der Waals surface area contributed by atoms with Crippen LogP contribution in [0.15, 0.2) is 0 Å². The van der Waals surface area contributed by atoms with Gasteiger partial charge in [0.15, 0.2) is 0 Å². The Bertz CT molecular complexity index is 244. The van der Waals surface area contributed by atoms with E-state index in [0.29, 0.717) is 6.04 Å². The maximum atomic E-state index is 6.45. The van der Waals surface area contributed by atoms with Crippen molar-refractivity contribution in [2.24, 2.45) is 23.5 Å². The molecule has 2 N–H and O–H groups in total. The van der Waals surface area contributed by atoms with Gasteiger partial charge in [0.1, 0.15) is 0 Å². The minimum atomic E-state index is 0.145. The molecule has 0 radical (unpaired) electrons. The molecule has 0 aromatic rings. The predicted molar refractivity (Wildman–Crippen MR) is 71.9 cm³/mol. The Balaban J connectivity index is 1.85. The summed E-state index contributed by atoms with van der Waals surface area (Å²) in [5, 5.41) is 0. The second-order valence-electron chi connectivity index (χ2n) is 6.64. The minimum absolute atomic E-state index is 0.145. The van der Waals surface area contributed by atoms with Gasteiger partial charge in [0, 0.05) is 13.2 Å². The number of methoxy groups -OCH3 is 1. The van der Waals surface area contributed by atoms with Gasteiger partial charge in [-0.25, -0.2) is 0 Å². The molecule has 0 heterocycles. The lowest BCUT2D eigenvalue weighted by atomic mass is 9.68. The van der Waals surface area contributed by atoms with E-state index in [1.165, 1.54) is 38.5 Å². The van der Waals surface area contributed by atoms with Crippen molar-refractivity contribution in [2.75, 3.05) is 7.11 Å². The molecule has 0 saturated heterocycles. The first-order chi connectivity index (χ1) is 8.06. The van der Waals surface area contributed by atoms with Crippen LogP contribution in [-0.2, 0) is 4.74 Å². The van der Waals surface area contributed by atoms with Crippen LogP contribution in [0, 0.1) is 17.8 Å². The van der Waals surface area contributed by atoms with Crippen molar-refractivity contribution in [1.82, 2.24) is 0 Å². The molecule has 0 aromatic carbocycles. The number of rotatable bonds is 4. The largest absolute Gasteiger partial charge is 0.378 e. The van der Waals surface area contributed by atoms with Crippen LogP contribution in [0.3, 0.4) is 0 Å². The Morgan fingerprint density at radius 2 is 1.94 bits per heavy atom. The Kier molecular flexibility index (Phi) is 4.14. The summed E-state index contributed by atoms with van der Waals surface area (Å²) >= 11 is 0. The summed E-state index contributed by atoms with van der Waals surface area (Å²) in [6, 6.07) is 0.352. The van der Waals surface area contributed by atoms with E-state index in [4.69, 9.17) is 10.5 Å². The maximum Gasteiger partial charge on any atom is 0.0693 e. The molecule has 4 unspecified atom stereocenters. The minimum Gasteiger partial charge on any atom is -0.378 e. The Labute approximate surface area is 106 Å². The van der Waals surface area contributed by atoms with Crippen LogP contribution in [0.2, 0.25) is 0 Å². The lowest BCUT2D eigenvalue weighted by molar-refractivity contribution is -0.0860. The molecular weight excluding hydrogens is 210 g/mol. The first-order valence-corrected chi connectivity index (χ1v) is 7.37. The fraction of sp³-hybridized carbons (Fsp3) is 1.00. The van der Waals surface area contributed by atoms with E-state index in [2.05, 4.69) is 13.8 Å². The number of hydrogen-bond acceptors (Lipinski definition) is 2. The fourth-order valence-corrected chi connectivity index (χ4v) is 3.64. The molecule has 0 aromatic heterocycles. The molecule has 0 amide bonds. The van der Waals surface area contributed by atoms with E-state index in [9.17, 15) is 0 Å². The molecule has 0 bridgehead atoms. The fourth-order valence-electron chi connectivity index (χ4n) is 3.64. The molecule has 2 saturated carbocycles. The Morgan fingerprint density at radius 3 is 2.41 bits per heavy atom. The van der Waals surface area contributed by atoms with Crippen molar-refractivity contribution in [3.63, 3.8) is 0 Å². The van der Waals surface area contributed by atoms with Crippen LogP contribution in [0.25, 0.3) is 0 Å².